The number of hydrogen-bond donors (Lipinski definition) is 2. The zero-order valence-corrected chi connectivity index (χ0v) is 13.7. The highest BCUT2D eigenvalue weighted by atomic mass is 14.5. The molecule has 0 fully saturated rings. The summed E-state index contributed by atoms with van der Waals surface area (Å²) >= 11 is 0. The van der Waals surface area contributed by atoms with Crippen LogP contribution >= 0.6 is 0 Å². The number of nitrogen functional groups attached to an aromatic ring is 1. The molecule has 0 aromatic heterocycles. The SMILES string of the molecule is NCCCCCCCCCCCCCc1cccc(N)c1. The summed E-state index contributed by atoms with van der Waals surface area (Å²) in [4.78, 5) is 0. The van der Waals surface area contributed by atoms with Crippen molar-refractivity contribution in [3.05, 3.63) is 29.8 Å². The third-order valence-electron chi connectivity index (χ3n) is 4.12. The summed E-state index contributed by atoms with van der Waals surface area (Å²) in [6, 6.07) is 8.30. The molecule has 0 unspecified atom stereocenters. The molecule has 0 bridgehead atoms. The number of hydrogen-bond acceptors (Lipinski definition) is 2. The summed E-state index contributed by atoms with van der Waals surface area (Å²) in [6.07, 6.45) is 16.1. The molecule has 1 aromatic rings. The van der Waals surface area contributed by atoms with E-state index >= 15 is 0 Å². The van der Waals surface area contributed by atoms with Crippen LogP contribution in [0.25, 0.3) is 0 Å². The number of unbranched alkanes of at least 4 members (excludes halogenated alkanes) is 10. The first-order valence-corrected chi connectivity index (χ1v) is 8.87. The first kappa shape index (κ1) is 18.0. The predicted molar refractivity (Wildman–Crippen MR) is 94.4 cm³/mol. The first-order chi connectivity index (χ1) is 10.3. The second-order valence-electron chi connectivity index (χ2n) is 6.17. The summed E-state index contributed by atoms with van der Waals surface area (Å²) in [5, 5.41) is 0. The fourth-order valence-corrected chi connectivity index (χ4v) is 2.81. The van der Waals surface area contributed by atoms with E-state index in [-0.39, 0.29) is 0 Å². The van der Waals surface area contributed by atoms with E-state index in [4.69, 9.17) is 11.5 Å². The van der Waals surface area contributed by atoms with Crippen LogP contribution in [0.3, 0.4) is 0 Å². The van der Waals surface area contributed by atoms with E-state index < -0.39 is 0 Å². The molecule has 4 N–H and O–H groups in total. The van der Waals surface area contributed by atoms with Gasteiger partial charge in [0.05, 0.1) is 0 Å². The molecule has 0 heterocycles. The molecule has 1 rings (SSSR count). The predicted octanol–water partition coefficient (Wildman–Crippen LogP) is 5.06. The molecule has 0 saturated carbocycles. The van der Waals surface area contributed by atoms with Gasteiger partial charge in [0.15, 0.2) is 0 Å². The average Bonchev–Trinajstić information content (AvgIpc) is 2.48. The van der Waals surface area contributed by atoms with Crippen molar-refractivity contribution in [1.82, 2.24) is 0 Å². The number of anilines is 1. The summed E-state index contributed by atoms with van der Waals surface area (Å²) < 4.78 is 0. The van der Waals surface area contributed by atoms with E-state index in [1.54, 1.807) is 0 Å². The molecular weight excluding hydrogens is 256 g/mol. The summed E-state index contributed by atoms with van der Waals surface area (Å²) in [5.41, 5.74) is 13.5. The van der Waals surface area contributed by atoms with Gasteiger partial charge < -0.3 is 11.5 Å². The maximum absolute atomic E-state index is 5.79. The molecule has 2 heteroatoms. The summed E-state index contributed by atoms with van der Waals surface area (Å²) in [5.74, 6) is 0. The number of aryl methyl sites for hydroxylation is 1. The maximum atomic E-state index is 5.79. The molecular formula is C19H34N2. The van der Waals surface area contributed by atoms with Crippen molar-refractivity contribution in [2.75, 3.05) is 12.3 Å². The molecule has 0 atom stereocenters. The molecule has 120 valence electrons. The van der Waals surface area contributed by atoms with Crippen LogP contribution in [0.1, 0.15) is 76.2 Å². The van der Waals surface area contributed by atoms with E-state index in [9.17, 15) is 0 Å². The standard InChI is InChI=1S/C19H34N2/c20-16-11-9-7-5-3-1-2-4-6-8-10-13-18-14-12-15-19(21)17-18/h12,14-15,17H,1-11,13,16,20-21H2. The Morgan fingerprint density at radius 3 is 1.71 bits per heavy atom. The van der Waals surface area contributed by atoms with Gasteiger partial charge in [0, 0.05) is 5.69 Å². The van der Waals surface area contributed by atoms with E-state index in [0.29, 0.717) is 0 Å². The first-order valence-electron chi connectivity index (χ1n) is 8.87. The van der Waals surface area contributed by atoms with E-state index in [1.165, 1.54) is 82.6 Å². The highest BCUT2D eigenvalue weighted by Gasteiger charge is 1.96. The fourth-order valence-electron chi connectivity index (χ4n) is 2.81. The lowest BCUT2D eigenvalue weighted by Gasteiger charge is -2.04. The Labute approximate surface area is 131 Å². The minimum absolute atomic E-state index is 0.857. The zero-order chi connectivity index (χ0) is 15.2. The maximum Gasteiger partial charge on any atom is 0.0316 e. The van der Waals surface area contributed by atoms with Crippen LogP contribution < -0.4 is 11.5 Å². The van der Waals surface area contributed by atoms with E-state index in [1.807, 2.05) is 6.07 Å². The molecule has 0 aliphatic rings. The van der Waals surface area contributed by atoms with Crippen molar-refractivity contribution >= 4 is 5.69 Å². The Morgan fingerprint density at radius 1 is 0.667 bits per heavy atom. The van der Waals surface area contributed by atoms with Gasteiger partial charge in [-0.1, -0.05) is 69.9 Å². The molecule has 0 aliphatic heterocycles. The monoisotopic (exact) mass is 290 g/mol. The van der Waals surface area contributed by atoms with Gasteiger partial charge in [-0.15, -0.1) is 0 Å². The topological polar surface area (TPSA) is 52.0 Å². The number of rotatable bonds is 13. The van der Waals surface area contributed by atoms with Crippen LogP contribution in [0.2, 0.25) is 0 Å². The lowest BCUT2D eigenvalue weighted by atomic mass is 10.0. The lowest BCUT2D eigenvalue weighted by molar-refractivity contribution is 0.546. The van der Waals surface area contributed by atoms with Gasteiger partial charge in [-0.2, -0.15) is 0 Å². The molecule has 1 aromatic carbocycles. The second-order valence-corrected chi connectivity index (χ2v) is 6.17. The van der Waals surface area contributed by atoms with Crippen molar-refractivity contribution in [1.29, 1.82) is 0 Å². The van der Waals surface area contributed by atoms with Gasteiger partial charge in [0.1, 0.15) is 0 Å². The van der Waals surface area contributed by atoms with Crippen molar-refractivity contribution in [2.24, 2.45) is 5.73 Å². The highest BCUT2D eigenvalue weighted by Crippen LogP contribution is 2.14. The minimum Gasteiger partial charge on any atom is -0.399 e. The van der Waals surface area contributed by atoms with Crippen molar-refractivity contribution in [3.8, 4) is 0 Å². The second kappa shape index (κ2) is 12.7. The van der Waals surface area contributed by atoms with Crippen molar-refractivity contribution < 1.29 is 0 Å². The zero-order valence-electron chi connectivity index (χ0n) is 13.7. The number of benzene rings is 1. The minimum atomic E-state index is 0.857. The molecule has 21 heavy (non-hydrogen) atoms. The van der Waals surface area contributed by atoms with Gasteiger partial charge in [-0.05, 0) is 43.5 Å². The average molecular weight is 290 g/mol. The smallest absolute Gasteiger partial charge is 0.0316 e. The van der Waals surface area contributed by atoms with Gasteiger partial charge in [0.25, 0.3) is 0 Å². The fraction of sp³-hybridized carbons (Fsp3) is 0.684. The third-order valence-corrected chi connectivity index (χ3v) is 4.12. The van der Waals surface area contributed by atoms with Crippen LogP contribution in [-0.2, 0) is 6.42 Å². The molecule has 0 spiro atoms. The Morgan fingerprint density at radius 2 is 1.19 bits per heavy atom. The van der Waals surface area contributed by atoms with Crippen LogP contribution in [0, 0.1) is 0 Å². The summed E-state index contributed by atoms with van der Waals surface area (Å²) in [7, 11) is 0. The Hall–Kier alpha value is -1.02. The Kier molecular flexibility index (Phi) is 10.9. The summed E-state index contributed by atoms with van der Waals surface area (Å²) in [6.45, 7) is 0.857. The van der Waals surface area contributed by atoms with Gasteiger partial charge >= 0.3 is 0 Å². The van der Waals surface area contributed by atoms with Gasteiger partial charge in [-0.3, -0.25) is 0 Å². The lowest BCUT2D eigenvalue weighted by Crippen LogP contribution is -1.97. The van der Waals surface area contributed by atoms with E-state index in [0.717, 1.165) is 12.2 Å². The molecule has 0 saturated heterocycles. The Bertz CT molecular complexity index is 349. The largest absolute Gasteiger partial charge is 0.399 e. The van der Waals surface area contributed by atoms with Crippen LogP contribution in [0.4, 0.5) is 5.69 Å². The molecule has 0 amide bonds. The molecule has 0 radical (unpaired) electrons. The molecule has 2 nitrogen and oxygen atoms in total. The number of nitrogens with two attached hydrogens (primary N) is 2. The molecule has 0 aliphatic carbocycles. The van der Waals surface area contributed by atoms with Crippen molar-refractivity contribution in [2.45, 2.75) is 77.0 Å². The highest BCUT2D eigenvalue weighted by molar-refractivity contribution is 5.40. The van der Waals surface area contributed by atoms with Crippen LogP contribution in [0.5, 0.6) is 0 Å². The van der Waals surface area contributed by atoms with Crippen LogP contribution in [-0.4, -0.2) is 6.54 Å². The normalized spacial score (nSPS) is 10.9. The quantitative estimate of drug-likeness (QED) is 0.394. The van der Waals surface area contributed by atoms with Crippen molar-refractivity contribution in [3.63, 3.8) is 0 Å². The van der Waals surface area contributed by atoms with Crippen LogP contribution in [0.15, 0.2) is 24.3 Å². The van der Waals surface area contributed by atoms with Gasteiger partial charge in [0.2, 0.25) is 0 Å². The Balaban J connectivity index is 1.82. The van der Waals surface area contributed by atoms with E-state index in [2.05, 4.69) is 18.2 Å². The third kappa shape index (κ3) is 10.4. The van der Waals surface area contributed by atoms with Gasteiger partial charge in [-0.25, -0.2) is 0 Å².